The van der Waals surface area contributed by atoms with Crippen LogP contribution in [0.4, 0.5) is 5.69 Å². The van der Waals surface area contributed by atoms with Crippen LogP contribution >= 0.6 is 23.2 Å². The van der Waals surface area contributed by atoms with Gasteiger partial charge in [-0.3, -0.25) is 4.79 Å². The third kappa shape index (κ3) is 5.35. The Bertz CT molecular complexity index is 887. The summed E-state index contributed by atoms with van der Waals surface area (Å²) in [6.45, 7) is 2.13. The zero-order valence-electron chi connectivity index (χ0n) is 15.1. The van der Waals surface area contributed by atoms with E-state index in [0.29, 0.717) is 22.0 Å². The van der Waals surface area contributed by atoms with Crippen LogP contribution < -0.4 is 5.32 Å². The Morgan fingerprint density at radius 2 is 1.41 bits per heavy atom. The number of Topliss-reactive ketones (excluding diaryl/α,β-unsaturated/α-hetero) is 1. The van der Waals surface area contributed by atoms with E-state index in [1.54, 1.807) is 24.3 Å². The minimum Gasteiger partial charge on any atom is -0.378 e. The molecule has 1 atom stereocenters. The zero-order valence-corrected chi connectivity index (χ0v) is 16.6. The number of carbonyl (C=O) groups excluding carboxylic acids is 1. The fourth-order valence-corrected chi connectivity index (χ4v) is 3.18. The summed E-state index contributed by atoms with van der Waals surface area (Å²) >= 11 is 11.9. The number of hydrogen-bond donors (Lipinski definition) is 1. The predicted octanol–water partition coefficient (Wildman–Crippen LogP) is 6.98. The Morgan fingerprint density at radius 1 is 0.852 bits per heavy atom. The van der Waals surface area contributed by atoms with Gasteiger partial charge in [-0.2, -0.15) is 0 Å². The molecular formula is C23H21Cl2NO. The molecule has 0 spiro atoms. The molecule has 0 bridgehead atoms. The highest BCUT2D eigenvalue weighted by Crippen LogP contribution is 2.26. The first-order valence-electron chi connectivity index (χ1n) is 8.95. The average Bonchev–Trinajstić information content (AvgIpc) is 2.69. The monoisotopic (exact) mass is 397 g/mol. The molecule has 0 aliphatic carbocycles. The van der Waals surface area contributed by atoms with Gasteiger partial charge in [-0.25, -0.2) is 0 Å². The number of aryl methyl sites for hydroxylation is 1. The van der Waals surface area contributed by atoms with Gasteiger partial charge in [0.25, 0.3) is 0 Å². The Hall–Kier alpha value is -2.29. The standard InChI is InChI=1S/C23H21Cl2NO/c1-2-16-3-5-17(6-4-16)22(26-21-13-11-20(25)12-14-21)15-23(27)18-7-9-19(24)10-8-18/h3-14,22,26H,2,15H2,1H3/t22-/m0/s1. The molecule has 0 aromatic heterocycles. The third-order valence-corrected chi connectivity index (χ3v) is 5.04. The molecule has 138 valence electrons. The van der Waals surface area contributed by atoms with Crippen molar-refractivity contribution in [1.29, 1.82) is 0 Å². The van der Waals surface area contributed by atoms with Crippen LogP contribution in [0.5, 0.6) is 0 Å². The van der Waals surface area contributed by atoms with Crippen LogP contribution in [0.3, 0.4) is 0 Å². The quantitative estimate of drug-likeness (QED) is 0.435. The van der Waals surface area contributed by atoms with Gasteiger partial charge in [-0.1, -0.05) is 54.4 Å². The predicted molar refractivity (Wildman–Crippen MR) is 114 cm³/mol. The lowest BCUT2D eigenvalue weighted by atomic mass is 9.96. The van der Waals surface area contributed by atoms with Crippen molar-refractivity contribution in [3.05, 3.63) is 99.5 Å². The topological polar surface area (TPSA) is 29.1 Å². The summed E-state index contributed by atoms with van der Waals surface area (Å²) in [7, 11) is 0. The van der Waals surface area contributed by atoms with E-state index in [2.05, 4.69) is 36.5 Å². The molecule has 4 heteroatoms. The van der Waals surface area contributed by atoms with Crippen molar-refractivity contribution in [3.63, 3.8) is 0 Å². The van der Waals surface area contributed by atoms with E-state index in [1.807, 2.05) is 24.3 Å². The summed E-state index contributed by atoms with van der Waals surface area (Å²) in [5.74, 6) is 0.0673. The van der Waals surface area contributed by atoms with E-state index < -0.39 is 0 Å². The molecular weight excluding hydrogens is 377 g/mol. The van der Waals surface area contributed by atoms with E-state index in [4.69, 9.17) is 23.2 Å². The maximum Gasteiger partial charge on any atom is 0.165 e. The van der Waals surface area contributed by atoms with Crippen LogP contribution in [0.1, 0.15) is 40.9 Å². The van der Waals surface area contributed by atoms with Crippen molar-refractivity contribution in [2.24, 2.45) is 0 Å². The minimum absolute atomic E-state index is 0.0673. The summed E-state index contributed by atoms with van der Waals surface area (Å²) in [5.41, 5.74) is 3.93. The Labute approximate surface area is 170 Å². The molecule has 0 fully saturated rings. The zero-order chi connectivity index (χ0) is 19.2. The maximum absolute atomic E-state index is 12.8. The lowest BCUT2D eigenvalue weighted by Gasteiger charge is -2.20. The van der Waals surface area contributed by atoms with Gasteiger partial charge in [-0.05, 0) is 66.1 Å². The fourth-order valence-electron chi connectivity index (χ4n) is 2.92. The van der Waals surface area contributed by atoms with Crippen LogP contribution in [-0.4, -0.2) is 5.78 Å². The van der Waals surface area contributed by atoms with E-state index >= 15 is 0 Å². The molecule has 0 heterocycles. The second-order valence-corrected chi connectivity index (χ2v) is 7.31. The SMILES string of the molecule is CCc1ccc([C@H](CC(=O)c2ccc(Cl)cc2)Nc2ccc(Cl)cc2)cc1. The van der Waals surface area contributed by atoms with Gasteiger partial charge in [0.05, 0.1) is 6.04 Å². The van der Waals surface area contributed by atoms with Crippen molar-refractivity contribution < 1.29 is 4.79 Å². The number of anilines is 1. The molecule has 0 aliphatic heterocycles. The largest absolute Gasteiger partial charge is 0.378 e. The summed E-state index contributed by atoms with van der Waals surface area (Å²) < 4.78 is 0. The van der Waals surface area contributed by atoms with Crippen LogP contribution in [0.15, 0.2) is 72.8 Å². The van der Waals surface area contributed by atoms with Crippen molar-refractivity contribution >= 4 is 34.7 Å². The van der Waals surface area contributed by atoms with Crippen LogP contribution in [0.25, 0.3) is 0 Å². The highest BCUT2D eigenvalue weighted by atomic mass is 35.5. The third-order valence-electron chi connectivity index (χ3n) is 4.53. The molecule has 0 saturated carbocycles. The number of nitrogens with one attached hydrogen (secondary N) is 1. The van der Waals surface area contributed by atoms with Crippen molar-refractivity contribution in [2.45, 2.75) is 25.8 Å². The highest BCUT2D eigenvalue weighted by molar-refractivity contribution is 6.31. The second-order valence-electron chi connectivity index (χ2n) is 6.43. The molecule has 0 amide bonds. The molecule has 0 saturated heterocycles. The molecule has 3 rings (SSSR count). The van der Waals surface area contributed by atoms with Gasteiger partial charge < -0.3 is 5.32 Å². The van der Waals surface area contributed by atoms with Crippen molar-refractivity contribution in [3.8, 4) is 0 Å². The Morgan fingerprint density at radius 3 is 1.96 bits per heavy atom. The summed E-state index contributed by atoms with van der Waals surface area (Å²) in [6.07, 6.45) is 1.33. The normalized spacial score (nSPS) is 11.8. The van der Waals surface area contributed by atoms with Crippen LogP contribution in [-0.2, 0) is 6.42 Å². The summed E-state index contributed by atoms with van der Waals surface area (Å²) in [4.78, 5) is 12.8. The number of ketones is 1. The lowest BCUT2D eigenvalue weighted by molar-refractivity contribution is 0.0976. The molecule has 27 heavy (non-hydrogen) atoms. The van der Waals surface area contributed by atoms with E-state index in [1.165, 1.54) is 5.56 Å². The second kappa shape index (κ2) is 9.07. The first-order chi connectivity index (χ1) is 13.0. The van der Waals surface area contributed by atoms with Crippen LogP contribution in [0.2, 0.25) is 10.0 Å². The van der Waals surface area contributed by atoms with Gasteiger partial charge in [0.15, 0.2) is 5.78 Å². The van der Waals surface area contributed by atoms with E-state index in [-0.39, 0.29) is 11.8 Å². The van der Waals surface area contributed by atoms with E-state index in [0.717, 1.165) is 17.7 Å². The van der Waals surface area contributed by atoms with Crippen molar-refractivity contribution in [1.82, 2.24) is 0 Å². The summed E-state index contributed by atoms with van der Waals surface area (Å²) in [6, 6.07) is 22.8. The number of hydrogen-bond acceptors (Lipinski definition) is 2. The molecule has 3 aromatic rings. The Balaban J connectivity index is 1.84. The molecule has 0 aliphatic rings. The van der Waals surface area contributed by atoms with Gasteiger partial charge in [-0.15, -0.1) is 0 Å². The fraction of sp³-hybridized carbons (Fsp3) is 0.174. The number of halogens is 2. The lowest BCUT2D eigenvalue weighted by Crippen LogP contribution is -2.16. The molecule has 1 N–H and O–H groups in total. The minimum atomic E-state index is -0.139. The van der Waals surface area contributed by atoms with Gasteiger partial charge in [0, 0.05) is 27.7 Å². The maximum atomic E-state index is 12.8. The average molecular weight is 398 g/mol. The smallest absolute Gasteiger partial charge is 0.165 e. The van der Waals surface area contributed by atoms with Gasteiger partial charge in [0.2, 0.25) is 0 Å². The molecule has 2 nitrogen and oxygen atoms in total. The van der Waals surface area contributed by atoms with Gasteiger partial charge in [0.1, 0.15) is 0 Å². The number of carbonyl (C=O) groups is 1. The first kappa shape index (κ1) is 19.5. The highest BCUT2D eigenvalue weighted by Gasteiger charge is 2.17. The first-order valence-corrected chi connectivity index (χ1v) is 9.70. The number of benzene rings is 3. The Kier molecular flexibility index (Phi) is 6.54. The van der Waals surface area contributed by atoms with Crippen LogP contribution in [0, 0.1) is 0 Å². The van der Waals surface area contributed by atoms with E-state index in [9.17, 15) is 4.79 Å². The van der Waals surface area contributed by atoms with Gasteiger partial charge >= 0.3 is 0 Å². The number of rotatable bonds is 7. The molecule has 0 unspecified atom stereocenters. The molecule has 3 aromatic carbocycles. The summed E-state index contributed by atoms with van der Waals surface area (Å²) in [5, 5.41) is 4.77. The van der Waals surface area contributed by atoms with Crippen molar-refractivity contribution in [2.75, 3.05) is 5.32 Å². The molecule has 0 radical (unpaired) electrons.